The van der Waals surface area contributed by atoms with Gasteiger partial charge in [-0.15, -0.1) is 10.2 Å². The quantitative estimate of drug-likeness (QED) is 0.755. The summed E-state index contributed by atoms with van der Waals surface area (Å²) in [6, 6.07) is 11.6. The molecular formula is C19H22ClN5. The fourth-order valence-electron chi connectivity index (χ4n) is 2.40. The Labute approximate surface area is 153 Å². The highest BCUT2D eigenvalue weighted by atomic mass is 35.5. The second-order valence-electron chi connectivity index (χ2n) is 6.18. The number of nitrogens with zero attached hydrogens (tertiary/aromatic N) is 4. The van der Waals surface area contributed by atoms with E-state index in [1.54, 1.807) is 19.5 Å². The van der Waals surface area contributed by atoms with E-state index in [0.717, 1.165) is 16.2 Å². The van der Waals surface area contributed by atoms with E-state index in [1.165, 1.54) is 0 Å². The molecule has 0 saturated carbocycles. The maximum absolute atomic E-state index is 6.32. The highest BCUT2D eigenvalue weighted by molar-refractivity contribution is 6.31. The van der Waals surface area contributed by atoms with E-state index in [9.17, 15) is 0 Å². The standard InChI is InChI=1S/C19H22ClN5/c1-19(2,15-7-5-6-8-16(15)20)13-23-18-10-9-17(24-25-18)14(11-21-3)12-22-4/h5-12H,3,13H2,1-2,4H3,(H,23,25)/b14-11+,22-12-. The van der Waals surface area contributed by atoms with E-state index < -0.39 is 0 Å². The predicted molar refractivity (Wildman–Crippen MR) is 107 cm³/mol. The van der Waals surface area contributed by atoms with Crippen LogP contribution in [-0.2, 0) is 5.41 Å². The molecule has 0 radical (unpaired) electrons. The molecule has 2 rings (SSSR count). The molecule has 0 unspecified atom stereocenters. The second-order valence-corrected chi connectivity index (χ2v) is 6.58. The average Bonchev–Trinajstić information content (AvgIpc) is 2.61. The molecule has 1 aromatic heterocycles. The van der Waals surface area contributed by atoms with Crippen molar-refractivity contribution in [3.05, 3.63) is 58.9 Å². The van der Waals surface area contributed by atoms with E-state index in [4.69, 9.17) is 11.6 Å². The van der Waals surface area contributed by atoms with Gasteiger partial charge in [-0.3, -0.25) is 9.98 Å². The van der Waals surface area contributed by atoms with Crippen LogP contribution in [0.15, 0.2) is 52.6 Å². The fraction of sp³-hybridized carbons (Fsp3) is 0.263. The van der Waals surface area contributed by atoms with E-state index in [-0.39, 0.29) is 5.41 Å². The van der Waals surface area contributed by atoms with Crippen molar-refractivity contribution in [1.82, 2.24) is 10.2 Å². The van der Waals surface area contributed by atoms with Crippen LogP contribution >= 0.6 is 11.6 Å². The third kappa shape index (κ3) is 4.97. The minimum absolute atomic E-state index is 0.147. The SMILES string of the molecule is C=N/C=C(\C=N/C)c1ccc(NCC(C)(C)c2ccccc2Cl)nn1. The lowest BCUT2D eigenvalue weighted by Crippen LogP contribution is -2.28. The van der Waals surface area contributed by atoms with Gasteiger partial charge in [0, 0.05) is 42.0 Å². The Bertz CT molecular complexity index is 779. The zero-order valence-corrected chi connectivity index (χ0v) is 15.5. The van der Waals surface area contributed by atoms with Crippen LogP contribution in [0.2, 0.25) is 5.02 Å². The summed E-state index contributed by atoms with van der Waals surface area (Å²) in [6.45, 7) is 8.41. The smallest absolute Gasteiger partial charge is 0.148 e. The van der Waals surface area contributed by atoms with Gasteiger partial charge in [-0.1, -0.05) is 43.6 Å². The molecule has 1 aromatic carbocycles. The summed E-state index contributed by atoms with van der Waals surface area (Å²) < 4.78 is 0. The third-order valence-electron chi connectivity index (χ3n) is 3.77. The van der Waals surface area contributed by atoms with Crippen molar-refractivity contribution in [2.24, 2.45) is 9.98 Å². The molecule has 0 aliphatic rings. The largest absolute Gasteiger partial charge is 0.368 e. The molecule has 0 amide bonds. The van der Waals surface area contributed by atoms with Crippen LogP contribution in [0.25, 0.3) is 5.57 Å². The zero-order valence-electron chi connectivity index (χ0n) is 14.7. The number of anilines is 1. The number of aliphatic imine (C=N–C) groups is 2. The lowest BCUT2D eigenvalue weighted by Gasteiger charge is -2.26. The first-order valence-corrected chi connectivity index (χ1v) is 8.27. The molecule has 0 atom stereocenters. The molecule has 6 heteroatoms. The van der Waals surface area contributed by atoms with Crippen molar-refractivity contribution in [3.63, 3.8) is 0 Å². The number of benzene rings is 1. The van der Waals surface area contributed by atoms with Crippen molar-refractivity contribution in [2.75, 3.05) is 18.9 Å². The van der Waals surface area contributed by atoms with Crippen LogP contribution in [0.5, 0.6) is 0 Å². The number of rotatable bonds is 7. The Morgan fingerprint density at radius 1 is 1.24 bits per heavy atom. The first-order chi connectivity index (χ1) is 12.0. The molecule has 25 heavy (non-hydrogen) atoms. The normalized spacial score (nSPS) is 12.4. The van der Waals surface area contributed by atoms with E-state index >= 15 is 0 Å². The van der Waals surface area contributed by atoms with Gasteiger partial charge in [0.05, 0.1) is 5.69 Å². The topological polar surface area (TPSA) is 62.5 Å². The first-order valence-electron chi connectivity index (χ1n) is 7.89. The Kier molecular flexibility index (Phi) is 6.42. The summed E-state index contributed by atoms with van der Waals surface area (Å²) in [5.74, 6) is 0.697. The monoisotopic (exact) mass is 355 g/mol. The Hall–Kier alpha value is -2.53. The van der Waals surface area contributed by atoms with Crippen molar-refractivity contribution >= 4 is 35.9 Å². The molecule has 0 saturated heterocycles. The van der Waals surface area contributed by atoms with Crippen LogP contribution in [-0.4, -0.2) is 36.7 Å². The second kappa shape index (κ2) is 8.53. The Balaban J connectivity index is 2.10. The van der Waals surface area contributed by atoms with E-state index in [0.29, 0.717) is 18.1 Å². The summed E-state index contributed by atoms with van der Waals surface area (Å²) in [4.78, 5) is 7.75. The number of allylic oxidation sites excluding steroid dienone is 1. The molecule has 1 N–H and O–H groups in total. The highest BCUT2D eigenvalue weighted by Gasteiger charge is 2.23. The molecule has 0 fully saturated rings. The molecule has 0 aliphatic heterocycles. The minimum Gasteiger partial charge on any atom is -0.368 e. The van der Waals surface area contributed by atoms with Crippen molar-refractivity contribution < 1.29 is 0 Å². The lowest BCUT2D eigenvalue weighted by atomic mass is 9.84. The maximum atomic E-state index is 6.32. The van der Waals surface area contributed by atoms with Gasteiger partial charge in [-0.25, -0.2) is 0 Å². The van der Waals surface area contributed by atoms with Gasteiger partial charge in [-0.05, 0) is 30.5 Å². The summed E-state index contributed by atoms with van der Waals surface area (Å²) in [5, 5.41) is 12.5. The number of hydrogen-bond donors (Lipinski definition) is 1. The summed E-state index contributed by atoms with van der Waals surface area (Å²) in [7, 11) is 1.69. The molecule has 5 nitrogen and oxygen atoms in total. The van der Waals surface area contributed by atoms with Gasteiger partial charge in [0.15, 0.2) is 0 Å². The van der Waals surface area contributed by atoms with Crippen LogP contribution in [0.3, 0.4) is 0 Å². The number of halogens is 1. The molecular weight excluding hydrogens is 334 g/mol. The maximum Gasteiger partial charge on any atom is 0.148 e. The highest BCUT2D eigenvalue weighted by Crippen LogP contribution is 2.29. The minimum atomic E-state index is -0.147. The third-order valence-corrected chi connectivity index (χ3v) is 4.10. The first kappa shape index (κ1) is 18.8. The van der Waals surface area contributed by atoms with Gasteiger partial charge in [0.25, 0.3) is 0 Å². The lowest BCUT2D eigenvalue weighted by molar-refractivity contribution is 0.556. The molecule has 2 aromatic rings. The predicted octanol–water partition coefficient (Wildman–Crippen LogP) is 4.26. The Morgan fingerprint density at radius 2 is 2.00 bits per heavy atom. The summed E-state index contributed by atoms with van der Waals surface area (Å²) in [5.41, 5.74) is 2.39. The van der Waals surface area contributed by atoms with Crippen molar-refractivity contribution in [1.29, 1.82) is 0 Å². The number of nitrogens with one attached hydrogen (secondary N) is 1. The fourth-order valence-corrected chi connectivity index (χ4v) is 2.79. The molecule has 1 heterocycles. The summed E-state index contributed by atoms with van der Waals surface area (Å²) >= 11 is 6.32. The van der Waals surface area contributed by atoms with Gasteiger partial charge < -0.3 is 5.32 Å². The van der Waals surface area contributed by atoms with E-state index in [1.807, 2.05) is 36.4 Å². The Morgan fingerprint density at radius 3 is 2.60 bits per heavy atom. The number of aromatic nitrogens is 2. The van der Waals surface area contributed by atoms with Crippen LogP contribution in [0, 0.1) is 0 Å². The van der Waals surface area contributed by atoms with Gasteiger partial charge in [0.1, 0.15) is 5.82 Å². The average molecular weight is 356 g/mol. The van der Waals surface area contributed by atoms with E-state index in [2.05, 4.69) is 46.1 Å². The summed E-state index contributed by atoms with van der Waals surface area (Å²) in [6.07, 6.45) is 3.27. The van der Waals surface area contributed by atoms with Gasteiger partial charge >= 0.3 is 0 Å². The molecule has 0 aliphatic carbocycles. The van der Waals surface area contributed by atoms with Crippen LogP contribution < -0.4 is 5.32 Å². The van der Waals surface area contributed by atoms with Crippen LogP contribution in [0.4, 0.5) is 5.82 Å². The molecule has 130 valence electrons. The molecule has 0 spiro atoms. The zero-order chi connectivity index (χ0) is 18.3. The molecule has 0 bridgehead atoms. The van der Waals surface area contributed by atoms with Gasteiger partial charge in [-0.2, -0.15) is 0 Å². The van der Waals surface area contributed by atoms with Crippen molar-refractivity contribution in [2.45, 2.75) is 19.3 Å². The number of hydrogen-bond acceptors (Lipinski definition) is 5. The van der Waals surface area contributed by atoms with Crippen LogP contribution in [0.1, 0.15) is 25.1 Å². The van der Waals surface area contributed by atoms with Gasteiger partial charge in [0.2, 0.25) is 0 Å². The van der Waals surface area contributed by atoms with Crippen molar-refractivity contribution in [3.8, 4) is 0 Å².